The Labute approximate surface area is 116 Å². The van der Waals surface area contributed by atoms with Crippen LogP contribution in [0.15, 0.2) is 29.2 Å². The minimum Gasteiger partial charge on any atom is -0.384 e. The van der Waals surface area contributed by atoms with Gasteiger partial charge in [0.1, 0.15) is 5.69 Å². The van der Waals surface area contributed by atoms with E-state index in [4.69, 9.17) is 0 Å². The first-order valence-corrected chi connectivity index (χ1v) is 7.09. The Hall–Kier alpha value is -1.95. The highest BCUT2D eigenvalue weighted by molar-refractivity contribution is 7.07. The topological polar surface area (TPSA) is 66.9 Å². The molecule has 0 aliphatic heterocycles. The van der Waals surface area contributed by atoms with E-state index in [9.17, 15) is 4.79 Å². The fraction of sp³-hybridized carbons (Fsp3) is 0.308. The van der Waals surface area contributed by atoms with E-state index in [1.807, 2.05) is 11.4 Å². The third-order valence-electron chi connectivity index (χ3n) is 2.49. The monoisotopic (exact) mass is 276 g/mol. The molecule has 0 spiro atoms. The number of nitrogens with zero attached hydrogens (tertiary/aromatic N) is 2. The van der Waals surface area contributed by atoms with E-state index in [0.29, 0.717) is 12.2 Å². The first-order chi connectivity index (χ1) is 9.29. The Kier molecular flexibility index (Phi) is 4.85. The maximum absolute atomic E-state index is 11.8. The summed E-state index contributed by atoms with van der Waals surface area (Å²) in [6.45, 7) is 3.43. The van der Waals surface area contributed by atoms with Gasteiger partial charge in [0.2, 0.25) is 0 Å². The summed E-state index contributed by atoms with van der Waals surface area (Å²) in [5.41, 5.74) is 3.95. The highest BCUT2D eigenvalue weighted by Crippen LogP contribution is 2.06. The predicted octanol–water partition coefficient (Wildman–Crippen LogP) is 2.29. The average Bonchev–Trinajstić information content (AvgIpc) is 2.96. The van der Waals surface area contributed by atoms with Crippen molar-refractivity contribution in [2.45, 2.75) is 19.9 Å². The second-order valence-electron chi connectivity index (χ2n) is 4.02. The van der Waals surface area contributed by atoms with Crippen molar-refractivity contribution >= 4 is 22.9 Å². The van der Waals surface area contributed by atoms with Crippen LogP contribution in [-0.2, 0) is 6.54 Å². The average molecular weight is 276 g/mol. The zero-order valence-corrected chi connectivity index (χ0v) is 11.5. The Balaban J connectivity index is 1.88. The van der Waals surface area contributed by atoms with Gasteiger partial charge in [0.05, 0.1) is 29.6 Å². The van der Waals surface area contributed by atoms with E-state index >= 15 is 0 Å². The molecule has 0 aliphatic rings. The highest BCUT2D eigenvalue weighted by atomic mass is 32.1. The molecule has 19 heavy (non-hydrogen) atoms. The Morgan fingerprint density at radius 2 is 2.26 bits per heavy atom. The molecule has 0 saturated heterocycles. The largest absolute Gasteiger partial charge is 0.384 e. The number of anilines is 1. The van der Waals surface area contributed by atoms with Crippen molar-refractivity contribution < 1.29 is 4.79 Å². The van der Waals surface area contributed by atoms with Gasteiger partial charge in [0, 0.05) is 11.9 Å². The number of hydrogen-bond donors (Lipinski definition) is 2. The molecule has 0 radical (unpaired) electrons. The van der Waals surface area contributed by atoms with Gasteiger partial charge in [-0.15, -0.1) is 11.3 Å². The Morgan fingerprint density at radius 3 is 2.89 bits per heavy atom. The molecular weight excluding hydrogens is 260 g/mol. The lowest BCUT2D eigenvalue weighted by molar-refractivity contribution is 0.0945. The SMILES string of the molecule is CCCNc1ccc(C(=O)NCc2cscn2)nc1. The number of pyridine rings is 1. The van der Waals surface area contributed by atoms with Gasteiger partial charge in [0.25, 0.3) is 5.91 Å². The molecule has 0 bridgehead atoms. The summed E-state index contributed by atoms with van der Waals surface area (Å²) >= 11 is 1.51. The summed E-state index contributed by atoms with van der Waals surface area (Å²) in [4.78, 5) is 20.1. The van der Waals surface area contributed by atoms with Crippen LogP contribution in [0, 0.1) is 0 Å². The van der Waals surface area contributed by atoms with Crippen LogP contribution in [0.5, 0.6) is 0 Å². The Morgan fingerprint density at radius 1 is 1.37 bits per heavy atom. The first kappa shape index (κ1) is 13.5. The molecule has 0 atom stereocenters. The van der Waals surface area contributed by atoms with Crippen molar-refractivity contribution in [3.8, 4) is 0 Å². The molecule has 5 nitrogen and oxygen atoms in total. The van der Waals surface area contributed by atoms with Crippen molar-refractivity contribution in [2.75, 3.05) is 11.9 Å². The maximum Gasteiger partial charge on any atom is 0.270 e. The molecule has 1 amide bonds. The van der Waals surface area contributed by atoms with Crippen LogP contribution in [-0.4, -0.2) is 22.4 Å². The number of hydrogen-bond acceptors (Lipinski definition) is 5. The van der Waals surface area contributed by atoms with Gasteiger partial charge >= 0.3 is 0 Å². The molecule has 0 aliphatic carbocycles. The van der Waals surface area contributed by atoms with Crippen molar-refractivity contribution in [1.29, 1.82) is 0 Å². The normalized spacial score (nSPS) is 10.2. The molecular formula is C13H16N4OS. The summed E-state index contributed by atoms with van der Waals surface area (Å²) in [6.07, 6.45) is 2.73. The fourth-order valence-corrected chi connectivity index (χ4v) is 2.05. The predicted molar refractivity (Wildman–Crippen MR) is 76.3 cm³/mol. The number of carbonyl (C=O) groups excluding carboxylic acids is 1. The van der Waals surface area contributed by atoms with Gasteiger partial charge in [-0.05, 0) is 18.6 Å². The molecule has 6 heteroatoms. The summed E-state index contributed by atoms with van der Waals surface area (Å²) < 4.78 is 0. The zero-order valence-electron chi connectivity index (χ0n) is 10.7. The van der Waals surface area contributed by atoms with Crippen LogP contribution in [0.4, 0.5) is 5.69 Å². The van der Waals surface area contributed by atoms with Gasteiger partial charge in [0.15, 0.2) is 0 Å². The summed E-state index contributed by atoms with van der Waals surface area (Å²) in [6, 6.07) is 3.58. The molecule has 0 aromatic carbocycles. The number of nitrogens with one attached hydrogen (secondary N) is 2. The quantitative estimate of drug-likeness (QED) is 0.849. The lowest BCUT2D eigenvalue weighted by atomic mass is 10.3. The van der Waals surface area contributed by atoms with E-state index in [1.54, 1.807) is 17.8 Å². The standard InChI is InChI=1S/C13H16N4OS/c1-2-5-14-10-3-4-12(15-6-10)13(18)16-7-11-8-19-9-17-11/h3-4,6,8-9,14H,2,5,7H2,1H3,(H,16,18). The number of rotatable bonds is 6. The molecule has 2 N–H and O–H groups in total. The highest BCUT2D eigenvalue weighted by Gasteiger charge is 2.07. The van der Waals surface area contributed by atoms with Gasteiger partial charge in [-0.2, -0.15) is 0 Å². The summed E-state index contributed by atoms with van der Waals surface area (Å²) in [5.74, 6) is -0.185. The van der Waals surface area contributed by atoms with Crippen molar-refractivity contribution in [1.82, 2.24) is 15.3 Å². The molecule has 100 valence electrons. The van der Waals surface area contributed by atoms with Gasteiger partial charge in [-0.25, -0.2) is 9.97 Å². The van der Waals surface area contributed by atoms with Gasteiger partial charge in [-0.3, -0.25) is 4.79 Å². The molecule has 2 aromatic rings. The first-order valence-electron chi connectivity index (χ1n) is 6.14. The number of aromatic nitrogens is 2. The fourth-order valence-electron chi connectivity index (χ4n) is 1.49. The maximum atomic E-state index is 11.8. The lowest BCUT2D eigenvalue weighted by Gasteiger charge is -2.06. The van der Waals surface area contributed by atoms with Crippen molar-refractivity contribution in [2.24, 2.45) is 0 Å². The van der Waals surface area contributed by atoms with E-state index in [1.165, 1.54) is 11.3 Å². The minimum atomic E-state index is -0.185. The second-order valence-corrected chi connectivity index (χ2v) is 4.74. The van der Waals surface area contributed by atoms with E-state index < -0.39 is 0 Å². The second kappa shape index (κ2) is 6.84. The summed E-state index contributed by atoms with van der Waals surface area (Å²) in [7, 11) is 0. The van der Waals surface area contributed by atoms with Gasteiger partial charge < -0.3 is 10.6 Å². The molecule has 2 aromatic heterocycles. The number of carbonyl (C=O) groups is 1. The molecule has 2 rings (SSSR count). The zero-order chi connectivity index (χ0) is 13.5. The third kappa shape index (κ3) is 4.03. The van der Waals surface area contributed by atoms with E-state index in [2.05, 4.69) is 27.5 Å². The number of thiazole rings is 1. The van der Waals surface area contributed by atoms with Crippen LogP contribution in [0.1, 0.15) is 29.5 Å². The smallest absolute Gasteiger partial charge is 0.270 e. The Bertz CT molecular complexity index is 510. The number of amides is 1. The van der Waals surface area contributed by atoms with Crippen molar-refractivity contribution in [3.05, 3.63) is 40.6 Å². The van der Waals surface area contributed by atoms with Crippen molar-refractivity contribution in [3.63, 3.8) is 0 Å². The van der Waals surface area contributed by atoms with Crippen LogP contribution in [0.25, 0.3) is 0 Å². The van der Waals surface area contributed by atoms with Gasteiger partial charge in [-0.1, -0.05) is 6.92 Å². The van der Waals surface area contributed by atoms with Crippen LogP contribution in [0.2, 0.25) is 0 Å². The molecule has 0 saturated carbocycles. The van der Waals surface area contributed by atoms with E-state index in [-0.39, 0.29) is 5.91 Å². The minimum absolute atomic E-state index is 0.185. The van der Waals surface area contributed by atoms with Crippen LogP contribution in [0.3, 0.4) is 0 Å². The summed E-state index contributed by atoms with van der Waals surface area (Å²) in [5, 5.41) is 7.91. The van der Waals surface area contributed by atoms with Crippen LogP contribution >= 0.6 is 11.3 Å². The van der Waals surface area contributed by atoms with Crippen LogP contribution < -0.4 is 10.6 Å². The van der Waals surface area contributed by atoms with E-state index in [0.717, 1.165) is 24.3 Å². The molecule has 2 heterocycles. The molecule has 0 unspecified atom stereocenters. The lowest BCUT2D eigenvalue weighted by Crippen LogP contribution is -2.23. The molecule has 0 fully saturated rings. The third-order valence-corrected chi connectivity index (χ3v) is 3.12.